The predicted molar refractivity (Wildman–Crippen MR) is 66.8 cm³/mol. The van der Waals surface area contributed by atoms with Gasteiger partial charge in [0.15, 0.2) is 0 Å². The number of fused-ring (bicyclic) bond motifs is 1. The first-order chi connectivity index (χ1) is 6.64. The zero-order valence-electron chi connectivity index (χ0n) is 11.5. The Morgan fingerprint density at radius 2 is 1.00 bits per heavy atom. The molecule has 0 aromatic heterocycles. The van der Waals surface area contributed by atoms with E-state index in [9.17, 15) is 0 Å². The molecule has 0 nitrogen and oxygen atoms in total. The third kappa shape index (κ3) is 1.85. The molecule has 0 amide bonds. The van der Waals surface area contributed by atoms with Crippen molar-refractivity contribution < 1.29 is 0 Å². The van der Waals surface area contributed by atoms with Crippen LogP contribution in [-0.4, -0.2) is 0 Å². The normalized spacial score (nSPS) is 41.2. The van der Waals surface area contributed by atoms with E-state index < -0.39 is 0 Å². The van der Waals surface area contributed by atoms with Crippen LogP contribution in [0.3, 0.4) is 0 Å². The Morgan fingerprint density at radius 3 is 1.33 bits per heavy atom. The zero-order valence-corrected chi connectivity index (χ0v) is 11.5. The SMILES string of the molecule is CC1(C)C[C@@H]2[C@@H](C1)C(C)(C)CCC2(C)C. The minimum Gasteiger partial charge on any atom is -0.0599 e. The lowest BCUT2D eigenvalue weighted by Gasteiger charge is -2.49. The molecule has 0 bridgehead atoms. The summed E-state index contributed by atoms with van der Waals surface area (Å²) in [6, 6.07) is 0. The van der Waals surface area contributed by atoms with Crippen molar-refractivity contribution in [2.24, 2.45) is 28.1 Å². The highest BCUT2D eigenvalue weighted by atomic mass is 14.6. The summed E-state index contributed by atoms with van der Waals surface area (Å²) in [5.74, 6) is 1.94. The Labute approximate surface area is 95.8 Å². The Hall–Kier alpha value is 0. The van der Waals surface area contributed by atoms with Crippen molar-refractivity contribution in [2.45, 2.75) is 67.2 Å². The molecule has 0 radical (unpaired) electrons. The molecular formula is C15H28. The van der Waals surface area contributed by atoms with Gasteiger partial charge in [0.1, 0.15) is 0 Å². The molecule has 2 aliphatic carbocycles. The average molecular weight is 208 g/mol. The van der Waals surface area contributed by atoms with Crippen LogP contribution in [0.25, 0.3) is 0 Å². The van der Waals surface area contributed by atoms with Gasteiger partial charge in [0.05, 0.1) is 0 Å². The van der Waals surface area contributed by atoms with Crippen LogP contribution in [0.5, 0.6) is 0 Å². The van der Waals surface area contributed by atoms with E-state index in [-0.39, 0.29) is 0 Å². The van der Waals surface area contributed by atoms with E-state index in [4.69, 9.17) is 0 Å². The Balaban J connectivity index is 2.30. The fourth-order valence-electron chi connectivity index (χ4n) is 4.22. The summed E-state index contributed by atoms with van der Waals surface area (Å²) in [4.78, 5) is 0. The molecule has 88 valence electrons. The summed E-state index contributed by atoms with van der Waals surface area (Å²) in [5, 5.41) is 0. The molecule has 0 aliphatic heterocycles. The number of hydrogen-bond acceptors (Lipinski definition) is 0. The summed E-state index contributed by atoms with van der Waals surface area (Å²) in [5.41, 5.74) is 1.77. The van der Waals surface area contributed by atoms with E-state index in [1.165, 1.54) is 25.7 Å². The van der Waals surface area contributed by atoms with Gasteiger partial charge < -0.3 is 0 Å². The van der Waals surface area contributed by atoms with Gasteiger partial charge in [-0.15, -0.1) is 0 Å². The summed E-state index contributed by atoms with van der Waals surface area (Å²) in [6.45, 7) is 14.9. The first-order valence-electron chi connectivity index (χ1n) is 6.64. The van der Waals surface area contributed by atoms with E-state index in [0.717, 1.165) is 11.8 Å². The third-order valence-corrected chi connectivity index (χ3v) is 5.45. The summed E-state index contributed by atoms with van der Waals surface area (Å²) in [7, 11) is 0. The molecule has 0 aromatic carbocycles. The zero-order chi connectivity index (χ0) is 11.5. The lowest BCUT2D eigenvalue weighted by atomic mass is 9.56. The van der Waals surface area contributed by atoms with Gasteiger partial charge in [-0.2, -0.15) is 0 Å². The first kappa shape index (κ1) is 11.5. The third-order valence-electron chi connectivity index (χ3n) is 5.45. The molecule has 2 atom stereocenters. The van der Waals surface area contributed by atoms with Gasteiger partial charge in [-0.3, -0.25) is 0 Å². The molecule has 0 heterocycles. The van der Waals surface area contributed by atoms with Crippen LogP contribution in [0.15, 0.2) is 0 Å². The largest absolute Gasteiger partial charge is 0.0599 e. The monoisotopic (exact) mass is 208 g/mol. The lowest BCUT2D eigenvalue weighted by molar-refractivity contribution is 0.00181. The van der Waals surface area contributed by atoms with Gasteiger partial charge >= 0.3 is 0 Å². The summed E-state index contributed by atoms with van der Waals surface area (Å²) < 4.78 is 0. The minimum atomic E-state index is 0.591. The molecule has 2 aliphatic rings. The maximum Gasteiger partial charge on any atom is -0.0323 e. The highest BCUT2D eigenvalue weighted by Gasteiger charge is 2.54. The number of rotatable bonds is 0. The molecule has 2 fully saturated rings. The molecule has 0 N–H and O–H groups in total. The van der Waals surface area contributed by atoms with Crippen molar-refractivity contribution in [2.75, 3.05) is 0 Å². The van der Waals surface area contributed by atoms with Crippen LogP contribution < -0.4 is 0 Å². The molecule has 15 heavy (non-hydrogen) atoms. The van der Waals surface area contributed by atoms with Crippen LogP contribution in [0.2, 0.25) is 0 Å². The maximum absolute atomic E-state index is 2.50. The van der Waals surface area contributed by atoms with Crippen molar-refractivity contribution in [3.63, 3.8) is 0 Å². The summed E-state index contributed by atoms with van der Waals surface area (Å²) >= 11 is 0. The molecule has 0 saturated heterocycles. The molecule has 2 saturated carbocycles. The molecular weight excluding hydrogens is 180 g/mol. The second-order valence-corrected chi connectivity index (χ2v) is 8.26. The molecule has 0 heteroatoms. The fourth-order valence-corrected chi connectivity index (χ4v) is 4.22. The first-order valence-corrected chi connectivity index (χ1v) is 6.64. The van der Waals surface area contributed by atoms with Gasteiger partial charge in [-0.05, 0) is 53.8 Å². The lowest BCUT2D eigenvalue weighted by Crippen LogP contribution is -2.41. The second-order valence-electron chi connectivity index (χ2n) is 8.26. The standard InChI is InChI=1S/C15H28/c1-13(2)9-11-12(10-13)15(5,6)8-7-14(11,3)4/h11-12H,7-10H2,1-6H3/t11-,12-/m1/s1. The van der Waals surface area contributed by atoms with E-state index in [0.29, 0.717) is 16.2 Å². The predicted octanol–water partition coefficient (Wildman–Crippen LogP) is 4.89. The number of hydrogen-bond donors (Lipinski definition) is 0. The summed E-state index contributed by atoms with van der Waals surface area (Å²) in [6.07, 6.45) is 5.76. The van der Waals surface area contributed by atoms with Crippen molar-refractivity contribution in [3.05, 3.63) is 0 Å². The van der Waals surface area contributed by atoms with Crippen molar-refractivity contribution >= 4 is 0 Å². The quantitative estimate of drug-likeness (QED) is 0.532. The molecule has 0 unspecified atom stereocenters. The van der Waals surface area contributed by atoms with Crippen LogP contribution >= 0.6 is 0 Å². The van der Waals surface area contributed by atoms with Gasteiger partial charge in [0, 0.05) is 0 Å². The minimum absolute atomic E-state index is 0.591. The van der Waals surface area contributed by atoms with Crippen molar-refractivity contribution in [1.29, 1.82) is 0 Å². The van der Waals surface area contributed by atoms with Gasteiger partial charge in [-0.25, -0.2) is 0 Å². The second kappa shape index (κ2) is 3.02. The molecule has 0 aromatic rings. The Morgan fingerprint density at radius 1 is 0.667 bits per heavy atom. The van der Waals surface area contributed by atoms with E-state index in [2.05, 4.69) is 41.5 Å². The van der Waals surface area contributed by atoms with Crippen LogP contribution in [0.1, 0.15) is 67.2 Å². The smallest absolute Gasteiger partial charge is 0.0323 e. The highest BCUT2D eigenvalue weighted by molar-refractivity contribution is 5.03. The highest BCUT2D eigenvalue weighted by Crippen LogP contribution is 2.63. The molecule has 0 spiro atoms. The Bertz CT molecular complexity index is 231. The van der Waals surface area contributed by atoms with Crippen molar-refractivity contribution in [3.8, 4) is 0 Å². The van der Waals surface area contributed by atoms with E-state index in [1.54, 1.807) is 0 Å². The van der Waals surface area contributed by atoms with E-state index in [1.807, 2.05) is 0 Å². The van der Waals surface area contributed by atoms with Gasteiger partial charge in [-0.1, -0.05) is 41.5 Å². The van der Waals surface area contributed by atoms with Crippen LogP contribution in [0.4, 0.5) is 0 Å². The van der Waals surface area contributed by atoms with Gasteiger partial charge in [0.25, 0.3) is 0 Å². The van der Waals surface area contributed by atoms with Crippen LogP contribution in [-0.2, 0) is 0 Å². The molecule has 2 rings (SSSR count). The van der Waals surface area contributed by atoms with Crippen molar-refractivity contribution in [1.82, 2.24) is 0 Å². The van der Waals surface area contributed by atoms with Crippen LogP contribution in [0, 0.1) is 28.1 Å². The topological polar surface area (TPSA) is 0 Å². The average Bonchev–Trinajstić information content (AvgIpc) is 2.38. The Kier molecular flexibility index (Phi) is 2.31. The maximum atomic E-state index is 2.50. The fraction of sp³-hybridized carbons (Fsp3) is 1.00. The van der Waals surface area contributed by atoms with E-state index >= 15 is 0 Å². The van der Waals surface area contributed by atoms with Gasteiger partial charge in [0.2, 0.25) is 0 Å².